The average molecular weight is 190 g/mol. The monoisotopic (exact) mass is 190 g/mol. The summed E-state index contributed by atoms with van der Waals surface area (Å²) in [6.07, 6.45) is 7.27. The van der Waals surface area contributed by atoms with Gasteiger partial charge in [-0.25, -0.2) is 0 Å². The average Bonchev–Trinajstić information content (AvgIpc) is 2.06. The van der Waals surface area contributed by atoms with E-state index in [1.165, 1.54) is 6.42 Å². The van der Waals surface area contributed by atoms with Crippen LogP contribution in [0.1, 0.15) is 39.0 Å². The highest BCUT2D eigenvalue weighted by atomic mass is 31.2. The molecule has 0 atom stereocenters. The van der Waals surface area contributed by atoms with Crippen LogP contribution in [0, 0.1) is 0 Å². The van der Waals surface area contributed by atoms with Gasteiger partial charge in [-0.05, 0) is 19.3 Å². The van der Waals surface area contributed by atoms with E-state index in [0.29, 0.717) is 6.61 Å². The lowest BCUT2D eigenvalue weighted by Gasteiger charge is -2.22. The molecule has 0 aromatic rings. The fraction of sp³-hybridized carbons (Fsp3) is 1.00. The van der Waals surface area contributed by atoms with Gasteiger partial charge in [0, 0.05) is 12.3 Å². The minimum atomic E-state index is -2.14. The van der Waals surface area contributed by atoms with Gasteiger partial charge in [-0.2, -0.15) is 0 Å². The Morgan fingerprint density at radius 3 is 2.50 bits per heavy atom. The molecule has 72 valence electrons. The maximum absolute atomic E-state index is 11.9. The molecule has 0 spiro atoms. The molecule has 0 N–H and O–H groups in total. The number of hydrogen-bond acceptors (Lipinski definition) is 2. The Balaban J connectivity index is 2.22. The van der Waals surface area contributed by atoms with E-state index in [4.69, 9.17) is 4.52 Å². The second kappa shape index (κ2) is 5.04. The van der Waals surface area contributed by atoms with Crippen LogP contribution in [-0.2, 0) is 9.09 Å². The molecule has 0 unspecified atom stereocenters. The smallest absolute Gasteiger partial charge is 0.203 e. The Hall–Kier alpha value is 0.190. The molecule has 1 fully saturated rings. The lowest BCUT2D eigenvalue weighted by molar-refractivity contribution is 0.301. The highest BCUT2D eigenvalue weighted by Crippen LogP contribution is 2.51. The number of hydrogen-bond donors (Lipinski definition) is 0. The zero-order valence-corrected chi connectivity index (χ0v) is 8.81. The molecule has 0 aliphatic carbocycles. The van der Waals surface area contributed by atoms with Crippen molar-refractivity contribution >= 4 is 7.37 Å². The molecule has 12 heavy (non-hydrogen) atoms. The van der Waals surface area contributed by atoms with E-state index in [2.05, 4.69) is 6.92 Å². The van der Waals surface area contributed by atoms with E-state index in [1.807, 2.05) is 0 Å². The number of unbranched alkanes of at least 4 members (excludes halogenated alkanes) is 1. The fourth-order valence-electron chi connectivity index (χ4n) is 1.50. The summed E-state index contributed by atoms with van der Waals surface area (Å²) in [7, 11) is -2.14. The predicted molar refractivity (Wildman–Crippen MR) is 52.1 cm³/mol. The topological polar surface area (TPSA) is 26.3 Å². The van der Waals surface area contributed by atoms with E-state index in [-0.39, 0.29) is 0 Å². The Morgan fingerprint density at radius 1 is 1.25 bits per heavy atom. The van der Waals surface area contributed by atoms with Gasteiger partial charge in [0.25, 0.3) is 0 Å². The van der Waals surface area contributed by atoms with Gasteiger partial charge >= 0.3 is 0 Å². The molecule has 1 aliphatic rings. The van der Waals surface area contributed by atoms with Gasteiger partial charge in [-0.1, -0.05) is 19.8 Å². The Kier molecular flexibility index (Phi) is 4.31. The minimum Gasteiger partial charge on any atom is -0.328 e. The van der Waals surface area contributed by atoms with Gasteiger partial charge in [0.2, 0.25) is 7.37 Å². The molecule has 1 saturated heterocycles. The Bertz CT molecular complexity index is 158. The van der Waals surface area contributed by atoms with Gasteiger partial charge in [-0.15, -0.1) is 0 Å². The Labute approximate surface area is 75.1 Å². The summed E-state index contributed by atoms with van der Waals surface area (Å²) in [5.74, 6) is 0. The molecule has 0 saturated carbocycles. The summed E-state index contributed by atoms with van der Waals surface area (Å²) in [4.78, 5) is 0. The van der Waals surface area contributed by atoms with E-state index < -0.39 is 7.37 Å². The van der Waals surface area contributed by atoms with Crippen molar-refractivity contribution in [3.8, 4) is 0 Å². The Morgan fingerprint density at radius 2 is 1.92 bits per heavy atom. The maximum Gasteiger partial charge on any atom is 0.203 e. The van der Waals surface area contributed by atoms with Crippen molar-refractivity contribution in [1.29, 1.82) is 0 Å². The zero-order chi connectivity index (χ0) is 8.86. The lowest BCUT2D eigenvalue weighted by Crippen LogP contribution is -2.06. The second-order valence-corrected chi connectivity index (χ2v) is 6.29. The lowest BCUT2D eigenvalue weighted by atomic mass is 10.3. The molecule has 1 heterocycles. The van der Waals surface area contributed by atoms with Crippen LogP contribution in [0.3, 0.4) is 0 Å². The first-order valence-electron chi connectivity index (χ1n) is 4.99. The SMILES string of the molecule is CCCCOP1(=O)CCCCC1. The fourth-order valence-corrected chi connectivity index (χ4v) is 3.85. The van der Waals surface area contributed by atoms with Crippen LogP contribution >= 0.6 is 7.37 Å². The standard InChI is InChI=1S/C9H19O2P/c1-2-3-7-11-12(10)8-5-4-6-9-12/h2-9H2,1H3. The summed E-state index contributed by atoms with van der Waals surface area (Å²) < 4.78 is 17.4. The third kappa shape index (κ3) is 3.28. The highest BCUT2D eigenvalue weighted by Gasteiger charge is 2.25. The van der Waals surface area contributed by atoms with E-state index in [0.717, 1.165) is 38.0 Å². The highest BCUT2D eigenvalue weighted by molar-refractivity contribution is 7.59. The van der Waals surface area contributed by atoms with Crippen molar-refractivity contribution in [2.24, 2.45) is 0 Å². The molecule has 0 aromatic carbocycles. The molecule has 1 rings (SSSR count). The van der Waals surface area contributed by atoms with Crippen molar-refractivity contribution < 1.29 is 9.09 Å². The van der Waals surface area contributed by atoms with Gasteiger partial charge in [-0.3, -0.25) is 4.57 Å². The normalized spacial score (nSPS) is 22.4. The maximum atomic E-state index is 11.9. The molecule has 0 bridgehead atoms. The van der Waals surface area contributed by atoms with Gasteiger partial charge in [0.1, 0.15) is 0 Å². The van der Waals surface area contributed by atoms with Crippen molar-refractivity contribution in [2.75, 3.05) is 18.9 Å². The molecule has 2 nitrogen and oxygen atoms in total. The van der Waals surface area contributed by atoms with Crippen molar-refractivity contribution in [1.82, 2.24) is 0 Å². The van der Waals surface area contributed by atoms with Crippen LogP contribution in [0.5, 0.6) is 0 Å². The van der Waals surface area contributed by atoms with Crippen LogP contribution in [0.4, 0.5) is 0 Å². The van der Waals surface area contributed by atoms with Crippen molar-refractivity contribution in [3.05, 3.63) is 0 Å². The van der Waals surface area contributed by atoms with E-state index in [1.54, 1.807) is 0 Å². The third-order valence-corrected chi connectivity index (χ3v) is 4.97. The summed E-state index contributed by atoms with van der Waals surface area (Å²) >= 11 is 0. The first-order chi connectivity index (χ1) is 5.77. The first kappa shape index (κ1) is 10.3. The van der Waals surface area contributed by atoms with Crippen LogP contribution in [0.15, 0.2) is 0 Å². The first-order valence-corrected chi connectivity index (χ1v) is 6.99. The summed E-state index contributed by atoms with van der Waals surface area (Å²) in [5, 5.41) is 0. The molecular formula is C9H19O2P. The summed E-state index contributed by atoms with van der Waals surface area (Å²) in [6, 6.07) is 0. The largest absolute Gasteiger partial charge is 0.328 e. The zero-order valence-electron chi connectivity index (χ0n) is 7.92. The third-order valence-electron chi connectivity index (χ3n) is 2.32. The number of rotatable bonds is 4. The van der Waals surface area contributed by atoms with E-state index >= 15 is 0 Å². The van der Waals surface area contributed by atoms with E-state index in [9.17, 15) is 4.57 Å². The molecular weight excluding hydrogens is 171 g/mol. The van der Waals surface area contributed by atoms with Crippen LogP contribution in [-0.4, -0.2) is 18.9 Å². The molecule has 0 radical (unpaired) electrons. The minimum absolute atomic E-state index is 0.702. The molecule has 0 aromatic heterocycles. The van der Waals surface area contributed by atoms with Gasteiger partial charge in [0.05, 0.1) is 6.61 Å². The molecule has 1 aliphatic heterocycles. The van der Waals surface area contributed by atoms with Crippen LogP contribution < -0.4 is 0 Å². The molecule has 0 amide bonds. The van der Waals surface area contributed by atoms with Crippen LogP contribution in [0.2, 0.25) is 0 Å². The van der Waals surface area contributed by atoms with Crippen molar-refractivity contribution in [2.45, 2.75) is 39.0 Å². The quantitative estimate of drug-likeness (QED) is 0.502. The van der Waals surface area contributed by atoms with Crippen molar-refractivity contribution in [3.63, 3.8) is 0 Å². The predicted octanol–water partition coefficient (Wildman–Crippen LogP) is 3.27. The van der Waals surface area contributed by atoms with Gasteiger partial charge < -0.3 is 4.52 Å². The summed E-state index contributed by atoms with van der Waals surface area (Å²) in [5.41, 5.74) is 0. The molecule has 3 heteroatoms. The van der Waals surface area contributed by atoms with Gasteiger partial charge in [0.15, 0.2) is 0 Å². The summed E-state index contributed by atoms with van der Waals surface area (Å²) in [6.45, 7) is 2.83. The van der Waals surface area contributed by atoms with Crippen LogP contribution in [0.25, 0.3) is 0 Å². The second-order valence-electron chi connectivity index (χ2n) is 3.51.